The highest BCUT2D eigenvalue weighted by atomic mass is 28.3. The average molecular weight is 625 g/mol. The van der Waals surface area contributed by atoms with Gasteiger partial charge in [-0.2, -0.15) is 5.10 Å². The van der Waals surface area contributed by atoms with Gasteiger partial charge in [0.15, 0.2) is 5.82 Å². The summed E-state index contributed by atoms with van der Waals surface area (Å²) in [5, 5.41) is 10.5. The Bertz CT molecular complexity index is 1390. The Kier molecular flexibility index (Phi) is 8.44. The number of nitrogens with one attached hydrogen (secondary N) is 1. The number of hydrogen-bond donors (Lipinski definition) is 1. The van der Waals surface area contributed by atoms with Crippen LogP contribution in [0.5, 0.6) is 0 Å². The van der Waals surface area contributed by atoms with Crippen LogP contribution in [0.2, 0.25) is 25.7 Å². The monoisotopic (exact) mass is 624 g/mol. The highest BCUT2D eigenvalue weighted by molar-refractivity contribution is 6.76. The molecule has 7 rings (SSSR count). The summed E-state index contributed by atoms with van der Waals surface area (Å²) in [5.74, 6) is 0.783. The SMILES string of the molecule is COC(=O)C12CCC(C(=O)NC3=CCN(c4ccn(COCC[Si](C)(C)C)n4)c4cn(N5CCOC[C@H]5C)cc43)(CC1)CC2. The number of rotatable bonds is 10. The summed E-state index contributed by atoms with van der Waals surface area (Å²) in [6.45, 7) is 13.1. The molecule has 240 valence electrons. The molecule has 2 aromatic heterocycles. The smallest absolute Gasteiger partial charge is 0.311 e. The number of ether oxygens (including phenoxy) is 3. The average Bonchev–Trinajstić information content (AvgIpc) is 3.68. The van der Waals surface area contributed by atoms with Crippen molar-refractivity contribution < 1.29 is 23.8 Å². The summed E-state index contributed by atoms with van der Waals surface area (Å²) in [5.41, 5.74) is 1.95. The van der Waals surface area contributed by atoms with Gasteiger partial charge in [0, 0.05) is 56.4 Å². The maximum Gasteiger partial charge on any atom is 0.311 e. The number of nitrogens with zero attached hydrogens (tertiary/aromatic N) is 5. The minimum absolute atomic E-state index is 0.0635. The van der Waals surface area contributed by atoms with E-state index in [1.807, 2.05) is 16.9 Å². The van der Waals surface area contributed by atoms with Crippen LogP contribution < -0.4 is 15.2 Å². The molecule has 3 aliphatic carbocycles. The lowest BCUT2D eigenvalue weighted by Crippen LogP contribution is -2.52. The summed E-state index contributed by atoms with van der Waals surface area (Å²) in [6, 6.07) is 3.37. The van der Waals surface area contributed by atoms with Crippen LogP contribution in [0.25, 0.3) is 5.70 Å². The van der Waals surface area contributed by atoms with E-state index in [9.17, 15) is 9.59 Å². The molecule has 3 saturated carbocycles. The van der Waals surface area contributed by atoms with Crippen molar-refractivity contribution in [2.24, 2.45) is 10.8 Å². The van der Waals surface area contributed by atoms with E-state index in [1.165, 1.54) is 7.11 Å². The summed E-state index contributed by atoms with van der Waals surface area (Å²) >= 11 is 0. The van der Waals surface area contributed by atoms with Gasteiger partial charge in [0.25, 0.3) is 0 Å². The van der Waals surface area contributed by atoms with Crippen molar-refractivity contribution in [1.82, 2.24) is 19.8 Å². The van der Waals surface area contributed by atoms with Gasteiger partial charge < -0.3 is 29.4 Å². The number of esters is 1. The zero-order chi connectivity index (χ0) is 31.1. The molecule has 0 unspecified atom stereocenters. The second-order valence-corrected chi connectivity index (χ2v) is 19.9. The first-order valence-corrected chi connectivity index (χ1v) is 19.8. The van der Waals surface area contributed by atoms with Crippen LogP contribution in [0.3, 0.4) is 0 Å². The summed E-state index contributed by atoms with van der Waals surface area (Å²) in [6.07, 6.45) is 12.6. The molecule has 0 aromatic carbocycles. The number of carbonyl (C=O) groups is 2. The molecule has 11 nitrogen and oxygen atoms in total. The van der Waals surface area contributed by atoms with E-state index in [-0.39, 0.29) is 17.9 Å². The van der Waals surface area contributed by atoms with Crippen molar-refractivity contribution in [2.75, 3.05) is 49.9 Å². The highest BCUT2D eigenvalue weighted by Gasteiger charge is 2.56. The van der Waals surface area contributed by atoms with Crippen LogP contribution in [0.1, 0.15) is 51.0 Å². The number of methoxy groups -OCH3 is 1. The molecule has 1 atom stereocenters. The Morgan fingerprint density at radius 2 is 1.84 bits per heavy atom. The first-order valence-electron chi connectivity index (χ1n) is 16.1. The molecule has 44 heavy (non-hydrogen) atoms. The van der Waals surface area contributed by atoms with Gasteiger partial charge in [-0.3, -0.25) is 14.3 Å². The maximum absolute atomic E-state index is 14.0. The maximum atomic E-state index is 14.0. The zero-order valence-electron chi connectivity index (χ0n) is 26.9. The fourth-order valence-corrected chi connectivity index (χ4v) is 7.95. The molecule has 2 aliphatic heterocycles. The van der Waals surface area contributed by atoms with Crippen LogP contribution in [0.15, 0.2) is 30.7 Å². The zero-order valence-corrected chi connectivity index (χ0v) is 27.9. The predicted molar refractivity (Wildman–Crippen MR) is 172 cm³/mol. The van der Waals surface area contributed by atoms with Gasteiger partial charge in [-0.05, 0) is 57.6 Å². The van der Waals surface area contributed by atoms with E-state index in [2.05, 4.69) is 64.9 Å². The Morgan fingerprint density at radius 3 is 2.52 bits per heavy atom. The van der Waals surface area contributed by atoms with Gasteiger partial charge in [0.2, 0.25) is 5.91 Å². The third-order valence-corrected chi connectivity index (χ3v) is 11.9. The number of morpholine rings is 1. The number of amides is 1. The fourth-order valence-electron chi connectivity index (χ4n) is 7.20. The number of aromatic nitrogens is 3. The molecule has 12 heteroatoms. The lowest BCUT2D eigenvalue weighted by atomic mass is 9.53. The van der Waals surface area contributed by atoms with Crippen molar-refractivity contribution in [3.63, 3.8) is 0 Å². The quantitative estimate of drug-likeness (QED) is 0.235. The summed E-state index contributed by atoms with van der Waals surface area (Å²) in [7, 11) is 0.316. The number of carbonyl (C=O) groups excluding carboxylic acids is 2. The van der Waals surface area contributed by atoms with E-state index in [1.54, 1.807) is 0 Å². The number of fused-ring (bicyclic) bond motifs is 4. The standard InChI is InChI=1S/C32H48N6O5Si/c1-24-22-42-17-16-38(24)36-20-25-26(33-29(39)31-8-11-32(12-9-31,13-10-31)30(40)41-2)6-15-37(27(25)21-36)28-7-14-35(34-28)23-43-18-19-44(3,4)5/h6-7,14,20-21,24H,8-13,15-19,22-23H2,1-5H3,(H,33,39)/t24-,31?,32?/m1/s1. The topological polar surface area (TPSA) is 103 Å². The van der Waals surface area contributed by atoms with E-state index >= 15 is 0 Å². The Hall–Kier alpha value is -3.09. The summed E-state index contributed by atoms with van der Waals surface area (Å²) < 4.78 is 20.8. The molecule has 4 fully saturated rings. The lowest BCUT2D eigenvalue weighted by Gasteiger charge is -2.50. The number of anilines is 2. The van der Waals surface area contributed by atoms with Crippen LogP contribution >= 0.6 is 0 Å². The molecule has 5 aliphatic rings. The molecule has 1 amide bonds. The third kappa shape index (κ3) is 5.95. The van der Waals surface area contributed by atoms with Crippen molar-refractivity contribution >= 4 is 37.2 Å². The fraction of sp³-hybridized carbons (Fsp3) is 0.656. The second-order valence-electron chi connectivity index (χ2n) is 14.3. The first-order chi connectivity index (χ1) is 21.0. The minimum atomic E-state index is -1.15. The molecule has 4 heterocycles. The van der Waals surface area contributed by atoms with Gasteiger partial charge in [0.1, 0.15) is 6.73 Å². The van der Waals surface area contributed by atoms with Crippen molar-refractivity contribution in [1.29, 1.82) is 0 Å². The van der Waals surface area contributed by atoms with Crippen LogP contribution in [0.4, 0.5) is 11.5 Å². The van der Waals surface area contributed by atoms with E-state index in [4.69, 9.17) is 19.3 Å². The minimum Gasteiger partial charge on any atom is -0.469 e. The molecule has 2 aromatic rings. The molecular weight excluding hydrogens is 576 g/mol. The Balaban J connectivity index is 1.21. The molecule has 0 spiro atoms. The van der Waals surface area contributed by atoms with Gasteiger partial charge in [-0.25, -0.2) is 4.68 Å². The predicted octanol–water partition coefficient (Wildman–Crippen LogP) is 4.48. The molecule has 0 radical (unpaired) electrons. The van der Waals surface area contributed by atoms with Gasteiger partial charge >= 0.3 is 5.97 Å². The Labute approximate surface area is 261 Å². The van der Waals surface area contributed by atoms with Crippen LogP contribution in [-0.4, -0.2) is 80.5 Å². The van der Waals surface area contributed by atoms with Gasteiger partial charge in [-0.1, -0.05) is 19.6 Å². The van der Waals surface area contributed by atoms with Crippen LogP contribution in [0, 0.1) is 10.8 Å². The van der Waals surface area contributed by atoms with E-state index < -0.39 is 18.9 Å². The van der Waals surface area contributed by atoms with Crippen molar-refractivity contribution in [3.8, 4) is 0 Å². The molecule has 1 saturated heterocycles. The van der Waals surface area contributed by atoms with Crippen molar-refractivity contribution in [3.05, 3.63) is 36.3 Å². The van der Waals surface area contributed by atoms with E-state index in [0.29, 0.717) is 65.0 Å². The Morgan fingerprint density at radius 1 is 1.11 bits per heavy atom. The lowest BCUT2D eigenvalue weighted by molar-refractivity contribution is -0.166. The summed E-state index contributed by atoms with van der Waals surface area (Å²) in [4.78, 5) is 28.7. The van der Waals surface area contributed by atoms with Gasteiger partial charge in [-0.15, -0.1) is 0 Å². The molecular formula is C32H48N6O5Si. The van der Waals surface area contributed by atoms with Crippen LogP contribution in [-0.2, 0) is 30.5 Å². The highest BCUT2D eigenvalue weighted by Crippen LogP contribution is 2.57. The molecule has 1 N–H and O–H groups in total. The van der Waals surface area contributed by atoms with Gasteiger partial charge in [0.05, 0.1) is 50.2 Å². The van der Waals surface area contributed by atoms with E-state index in [0.717, 1.165) is 42.0 Å². The third-order valence-electron chi connectivity index (χ3n) is 10.2. The first kappa shape index (κ1) is 30.9. The largest absolute Gasteiger partial charge is 0.469 e. The number of hydrogen-bond acceptors (Lipinski definition) is 8. The normalized spacial score (nSPS) is 26.8. The molecule has 2 bridgehead atoms. The second kappa shape index (κ2) is 12.0. The van der Waals surface area contributed by atoms with Crippen molar-refractivity contribution in [2.45, 2.75) is 83.9 Å².